The molecule has 1 heterocycles. The van der Waals surface area contributed by atoms with Crippen molar-refractivity contribution in [3.8, 4) is 0 Å². The Labute approximate surface area is 190 Å². The summed E-state index contributed by atoms with van der Waals surface area (Å²) in [5.41, 5.74) is 0.653. The molecule has 0 bridgehead atoms. The molecule has 0 atom stereocenters. The summed E-state index contributed by atoms with van der Waals surface area (Å²) < 4.78 is 28.2. The van der Waals surface area contributed by atoms with Crippen LogP contribution in [0, 0.1) is 0 Å². The van der Waals surface area contributed by atoms with E-state index in [1.165, 1.54) is 18.4 Å². The van der Waals surface area contributed by atoms with Gasteiger partial charge in [0, 0.05) is 40.2 Å². The van der Waals surface area contributed by atoms with Gasteiger partial charge in [-0.15, -0.1) is 34.2 Å². The van der Waals surface area contributed by atoms with Crippen molar-refractivity contribution >= 4 is 40.0 Å². The summed E-state index contributed by atoms with van der Waals surface area (Å²) in [6.45, 7) is 6.34. The molecule has 162 valence electrons. The highest BCUT2D eigenvalue weighted by molar-refractivity contribution is 14.0. The van der Waals surface area contributed by atoms with E-state index in [9.17, 15) is 8.42 Å². The van der Waals surface area contributed by atoms with Gasteiger partial charge >= 0.3 is 0 Å². The molecule has 0 aliphatic rings. The zero-order valence-corrected chi connectivity index (χ0v) is 20.4. The fourth-order valence-corrected chi connectivity index (χ4v) is 3.73. The number of nitrogens with one attached hydrogen (secondary N) is 2. The SMILES string of the molecule is CCNC(=NCc1ccccc1S(=O)(=O)N(C)C)NCCn1cnnc1CC.I. The summed E-state index contributed by atoms with van der Waals surface area (Å²) in [7, 11) is -0.467. The van der Waals surface area contributed by atoms with Gasteiger partial charge in [-0.25, -0.2) is 17.7 Å². The number of hydrogen-bond acceptors (Lipinski definition) is 5. The molecule has 0 spiro atoms. The summed E-state index contributed by atoms with van der Waals surface area (Å²) in [4.78, 5) is 4.82. The standard InChI is InChI=1S/C18H29N7O2S.HI/c1-5-17-23-22-14-25(17)12-11-20-18(19-6-2)21-13-15-9-7-8-10-16(15)28(26,27)24(3)4;/h7-10,14H,5-6,11-13H2,1-4H3,(H2,19,20,21);1H. The molecule has 0 saturated heterocycles. The van der Waals surface area contributed by atoms with E-state index in [2.05, 4.69) is 25.8 Å². The second kappa shape index (κ2) is 12.1. The molecule has 0 aliphatic heterocycles. The number of halogens is 1. The van der Waals surface area contributed by atoms with Gasteiger partial charge in [-0.2, -0.15) is 0 Å². The normalized spacial score (nSPS) is 12.0. The van der Waals surface area contributed by atoms with Crippen molar-refractivity contribution in [1.82, 2.24) is 29.7 Å². The Kier molecular flexibility index (Phi) is 10.5. The third-order valence-corrected chi connectivity index (χ3v) is 6.06. The largest absolute Gasteiger partial charge is 0.357 e. The van der Waals surface area contributed by atoms with Crippen LogP contribution >= 0.6 is 24.0 Å². The molecule has 1 aromatic heterocycles. The number of hydrogen-bond donors (Lipinski definition) is 2. The average Bonchev–Trinajstić information content (AvgIpc) is 3.13. The van der Waals surface area contributed by atoms with Crippen LogP contribution in [0.25, 0.3) is 0 Å². The van der Waals surface area contributed by atoms with Crippen molar-refractivity contribution in [2.24, 2.45) is 4.99 Å². The van der Waals surface area contributed by atoms with E-state index in [4.69, 9.17) is 0 Å². The molecule has 0 unspecified atom stereocenters. The molecule has 2 N–H and O–H groups in total. The second-order valence-corrected chi connectivity index (χ2v) is 8.43. The van der Waals surface area contributed by atoms with Gasteiger partial charge in [0.1, 0.15) is 12.2 Å². The first-order valence-electron chi connectivity index (χ1n) is 9.29. The Morgan fingerprint density at radius 2 is 1.93 bits per heavy atom. The van der Waals surface area contributed by atoms with Crippen LogP contribution in [-0.4, -0.2) is 60.6 Å². The fourth-order valence-electron chi connectivity index (χ4n) is 2.62. The minimum atomic E-state index is -3.52. The number of guanidine groups is 1. The predicted molar refractivity (Wildman–Crippen MR) is 125 cm³/mol. The van der Waals surface area contributed by atoms with Gasteiger partial charge in [0.25, 0.3) is 0 Å². The van der Waals surface area contributed by atoms with Gasteiger partial charge in [-0.1, -0.05) is 25.1 Å². The predicted octanol–water partition coefficient (Wildman–Crippen LogP) is 1.46. The molecular formula is C18H30IN7O2S. The highest BCUT2D eigenvalue weighted by Gasteiger charge is 2.20. The van der Waals surface area contributed by atoms with Crippen molar-refractivity contribution in [3.05, 3.63) is 42.0 Å². The van der Waals surface area contributed by atoms with Crippen LogP contribution in [0.4, 0.5) is 0 Å². The molecule has 9 nitrogen and oxygen atoms in total. The van der Waals surface area contributed by atoms with Crippen molar-refractivity contribution in [2.45, 2.75) is 38.3 Å². The van der Waals surface area contributed by atoms with Crippen LogP contribution in [0.2, 0.25) is 0 Å². The van der Waals surface area contributed by atoms with Crippen molar-refractivity contribution in [2.75, 3.05) is 27.2 Å². The average molecular weight is 535 g/mol. The summed E-state index contributed by atoms with van der Waals surface area (Å²) in [6, 6.07) is 6.93. The van der Waals surface area contributed by atoms with Gasteiger partial charge in [0.2, 0.25) is 10.0 Å². The molecule has 29 heavy (non-hydrogen) atoms. The molecule has 0 fully saturated rings. The van der Waals surface area contributed by atoms with Crippen LogP contribution < -0.4 is 10.6 Å². The first-order chi connectivity index (χ1) is 13.4. The molecular weight excluding hydrogens is 505 g/mol. The number of sulfonamides is 1. The lowest BCUT2D eigenvalue weighted by Gasteiger charge is -2.15. The third kappa shape index (κ3) is 6.93. The number of benzene rings is 1. The molecule has 0 aliphatic carbocycles. The van der Waals surface area contributed by atoms with Crippen LogP contribution in [0.15, 0.2) is 40.5 Å². The van der Waals surface area contributed by atoms with E-state index in [1.54, 1.807) is 24.5 Å². The molecule has 11 heteroatoms. The zero-order chi connectivity index (χ0) is 20.6. The summed E-state index contributed by atoms with van der Waals surface area (Å²) in [5.74, 6) is 1.57. The number of aryl methyl sites for hydroxylation is 1. The van der Waals surface area contributed by atoms with E-state index in [0.717, 1.165) is 12.2 Å². The molecule has 1 aromatic carbocycles. The van der Waals surface area contributed by atoms with Crippen molar-refractivity contribution < 1.29 is 8.42 Å². The number of nitrogens with zero attached hydrogens (tertiary/aromatic N) is 5. The van der Waals surface area contributed by atoms with E-state index in [0.29, 0.717) is 31.2 Å². The van der Waals surface area contributed by atoms with E-state index >= 15 is 0 Å². The quantitative estimate of drug-likeness (QED) is 0.286. The van der Waals surface area contributed by atoms with Crippen LogP contribution in [0.5, 0.6) is 0 Å². The fraction of sp³-hybridized carbons (Fsp3) is 0.500. The van der Waals surface area contributed by atoms with Gasteiger partial charge < -0.3 is 15.2 Å². The number of aliphatic imine (C=N–C) groups is 1. The first kappa shape index (κ1) is 25.3. The Morgan fingerprint density at radius 1 is 1.21 bits per heavy atom. The molecule has 0 saturated carbocycles. The van der Waals surface area contributed by atoms with Crippen LogP contribution in [-0.2, 0) is 29.5 Å². The maximum absolute atomic E-state index is 12.5. The molecule has 2 rings (SSSR count). The van der Waals surface area contributed by atoms with E-state index in [-0.39, 0.29) is 35.4 Å². The highest BCUT2D eigenvalue weighted by atomic mass is 127. The second-order valence-electron chi connectivity index (χ2n) is 6.31. The monoisotopic (exact) mass is 535 g/mol. The smallest absolute Gasteiger partial charge is 0.242 e. The Balaban J connectivity index is 0.00000420. The van der Waals surface area contributed by atoms with Crippen LogP contribution in [0.3, 0.4) is 0 Å². The molecule has 0 amide bonds. The Hall–Kier alpha value is -1.73. The van der Waals surface area contributed by atoms with E-state index < -0.39 is 10.0 Å². The minimum Gasteiger partial charge on any atom is -0.357 e. The third-order valence-electron chi connectivity index (χ3n) is 4.14. The number of aromatic nitrogens is 3. The van der Waals surface area contributed by atoms with Crippen LogP contribution in [0.1, 0.15) is 25.2 Å². The summed E-state index contributed by atoms with van der Waals surface area (Å²) in [6.07, 6.45) is 2.54. The first-order valence-corrected chi connectivity index (χ1v) is 10.7. The Morgan fingerprint density at radius 3 is 2.59 bits per heavy atom. The maximum atomic E-state index is 12.5. The minimum absolute atomic E-state index is 0. The van der Waals surface area contributed by atoms with Crippen molar-refractivity contribution in [3.63, 3.8) is 0 Å². The van der Waals surface area contributed by atoms with Gasteiger partial charge in [0.15, 0.2) is 5.96 Å². The topological polar surface area (TPSA) is 105 Å². The summed E-state index contributed by atoms with van der Waals surface area (Å²) >= 11 is 0. The Bertz CT molecular complexity index is 897. The lowest BCUT2D eigenvalue weighted by atomic mass is 10.2. The highest BCUT2D eigenvalue weighted by Crippen LogP contribution is 2.19. The maximum Gasteiger partial charge on any atom is 0.242 e. The zero-order valence-electron chi connectivity index (χ0n) is 17.3. The van der Waals surface area contributed by atoms with E-state index in [1.807, 2.05) is 24.5 Å². The van der Waals surface area contributed by atoms with Gasteiger partial charge in [-0.05, 0) is 18.6 Å². The molecule has 2 aromatic rings. The van der Waals surface area contributed by atoms with Crippen molar-refractivity contribution in [1.29, 1.82) is 0 Å². The summed E-state index contributed by atoms with van der Waals surface area (Å²) in [5, 5.41) is 14.4. The van der Waals surface area contributed by atoms with Gasteiger partial charge in [0.05, 0.1) is 11.4 Å². The number of rotatable bonds is 9. The lowest BCUT2D eigenvalue weighted by Crippen LogP contribution is -2.39. The molecule has 0 radical (unpaired) electrons. The lowest BCUT2D eigenvalue weighted by molar-refractivity contribution is 0.519. The van der Waals surface area contributed by atoms with Gasteiger partial charge in [-0.3, -0.25) is 0 Å².